The van der Waals surface area contributed by atoms with Crippen LogP contribution in [0.15, 0.2) is 48.5 Å². The Morgan fingerprint density at radius 1 is 1.20 bits per heavy atom. The summed E-state index contributed by atoms with van der Waals surface area (Å²) in [6.07, 6.45) is 0. The fraction of sp³-hybridized carbons (Fsp3) is 0.391. The lowest BCUT2D eigenvalue weighted by Crippen LogP contribution is -2.49. The Hall–Kier alpha value is -2.90. The molecule has 7 heteroatoms. The van der Waals surface area contributed by atoms with Crippen molar-refractivity contribution in [2.45, 2.75) is 46.0 Å². The van der Waals surface area contributed by atoms with E-state index < -0.39 is 5.54 Å². The molecular formula is C23H30N4O3. The SMILES string of the molecule is CCOCCn1c(CNC(=O)C(C)(C)N)nc2ccc(OCc3ccccc3)cc21. The average Bonchev–Trinajstić information content (AvgIpc) is 3.07. The predicted octanol–water partition coefficient (Wildman–Crippen LogP) is 3.01. The van der Waals surface area contributed by atoms with Crippen LogP contribution in [0.1, 0.15) is 32.2 Å². The predicted molar refractivity (Wildman–Crippen MR) is 117 cm³/mol. The maximum Gasteiger partial charge on any atom is 0.239 e. The highest BCUT2D eigenvalue weighted by Gasteiger charge is 2.22. The second kappa shape index (κ2) is 9.73. The van der Waals surface area contributed by atoms with Gasteiger partial charge in [0.15, 0.2) is 0 Å². The topological polar surface area (TPSA) is 91.4 Å². The van der Waals surface area contributed by atoms with E-state index in [-0.39, 0.29) is 5.91 Å². The van der Waals surface area contributed by atoms with E-state index >= 15 is 0 Å². The Bertz CT molecular complexity index is 977. The molecular weight excluding hydrogens is 380 g/mol. The van der Waals surface area contributed by atoms with E-state index in [1.807, 2.05) is 55.5 Å². The number of nitrogens with zero attached hydrogens (tertiary/aromatic N) is 2. The minimum atomic E-state index is -0.944. The van der Waals surface area contributed by atoms with Gasteiger partial charge in [-0.05, 0) is 38.5 Å². The van der Waals surface area contributed by atoms with Crippen LogP contribution in [-0.4, -0.2) is 34.2 Å². The van der Waals surface area contributed by atoms with Crippen molar-refractivity contribution in [3.05, 3.63) is 59.9 Å². The van der Waals surface area contributed by atoms with Gasteiger partial charge in [0.2, 0.25) is 5.91 Å². The molecule has 0 atom stereocenters. The highest BCUT2D eigenvalue weighted by atomic mass is 16.5. The Morgan fingerprint density at radius 2 is 1.97 bits per heavy atom. The summed E-state index contributed by atoms with van der Waals surface area (Å²) in [6.45, 7) is 7.93. The normalized spacial score (nSPS) is 11.6. The van der Waals surface area contributed by atoms with Crippen molar-refractivity contribution in [3.63, 3.8) is 0 Å². The van der Waals surface area contributed by atoms with E-state index in [0.29, 0.717) is 32.9 Å². The van der Waals surface area contributed by atoms with Gasteiger partial charge in [-0.25, -0.2) is 4.98 Å². The number of rotatable bonds is 10. The number of imidazole rings is 1. The summed E-state index contributed by atoms with van der Waals surface area (Å²) in [7, 11) is 0. The lowest BCUT2D eigenvalue weighted by atomic mass is 10.1. The molecule has 0 saturated carbocycles. The number of benzene rings is 2. The fourth-order valence-electron chi connectivity index (χ4n) is 3.05. The summed E-state index contributed by atoms with van der Waals surface area (Å²) >= 11 is 0. The molecule has 2 aromatic carbocycles. The number of ether oxygens (including phenoxy) is 2. The molecule has 0 spiro atoms. The third kappa shape index (κ3) is 5.58. The van der Waals surface area contributed by atoms with Gasteiger partial charge in [-0.1, -0.05) is 30.3 Å². The molecule has 0 aliphatic heterocycles. The number of carbonyl (C=O) groups is 1. The average molecular weight is 411 g/mol. The molecule has 0 fully saturated rings. The van der Waals surface area contributed by atoms with E-state index in [1.165, 1.54) is 0 Å². The molecule has 3 N–H and O–H groups in total. The van der Waals surface area contributed by atoms with Gasteiger partial charge in [-0.2, -0.15) is 0 Å². The van der Waals surface area contributed by atoms with E-state index in [2.05, 4.69) is 9.88 Å². The zero-order chi connectivity index (χ0) is 21.6. The lowest BCUT2D eigenvalue weighted by molar-refractivity contribution is -0.125. The first-order valence-corrected chi connectivity index (χ1v) is 10.2. The second-order valence-corrected chi connectivity index (χ2v) is 7.71. The standard InChI is InChI=1S/C23H30N4O3/c1-4-29-13-12-27-20-14-18(30-16-17-8-6-5-7-9-17)10-11-19(20)26-21(27)15-25-22(28)23(2,3)24/h5-11,14H,4,12-13,15-16,24H2,1-3H3,(H,25,28). The monoisotopic (exact) mass is 410 g/mol. The molecule has 0 saturated heterocycles. The Labute approximate surface area is 177 Å². The molecule has 0 aliphatic carbocycles. The molecule has 0 aliphatic rings. The van der Waals surface area contributed by atoms with Crippen molar-refractivity contribution < 1.29 is 14.3 Å². The van der Waals surface area contributed by atoms with Crippen LogP contribution in [0.25, 0.3) is 11.0 Å². The maximum absolute atomic E-state index is 12.2. The van der Waals surface area contributed by atoms with E-state index in [0.717, 1.165) is 28.2 Å². The largest absolute Gasteiger partial charge is 0.489 e. The Balaban J connectivity index is 1.82. The van der Waals surface area contributed by atoms with Gasteiger partial charge >= 0.3 is 0 Å². The summed E-state index contributed by atoms with van der Waals surface area (Å²) in [5, 5.41) is 2.87. The van der Waals surface area contributed by atoms with Crippen LogP contribution in [0.5, 0.6) is 5.75 Å². The van der Waals surface area contributed by atoms with Gasteiger partial charge in [-0.3, -0.25) is 4.79 Å². The van der Waals surface area contributed by atoms with Gasteiger partial charge in [0.05, 0.1) is 29.7 Å². The minimum Gasteiger partial charge on any atom is -0.489 e. The first-order chi connectivity index (χ1) is 14.4. The summed E-state index contributed by atoms with van der Waals surface area (Å²) in [6, 6.07) is 15.9. The number of hydrogen-bond acceptors (Lipinski definition) is 5. The molecule has 1 aromatic heterocycles. The van der Waals surface area contributed by atoms with Crippen LogP contribution in [0, 0.1) is 0 Å². The molecule has 7 nitrogen and oxygen atoms in total. The summed E-state index contributed by atoms with van der Waals surface area (Å²) < 4.78 is 13.6. The number of nitrogens with two attached hydrogens (primary N) is 1. The van der Waals surface area contributed by atoms with E-state index in [4.69, 9.17) is 20.2 Å². The summed E-state index contributed by atoms with van der Waals surface area (Å²) in [5.41, 5.74) is 7.83. The van der Waals surface area contributed by atoms with Gasteiger partial charge in [0, 0.05) is 19.2 Å². The molecule has 0 radical (unpaired) electrons. The third-order valence-corrected chi connectivity index (χ3v) is 4.70. The van der Waals surface area contributed by atoms with Gasteiger partial charge in [0.25, 0.3) is 0 Å². The number of hydrogen-bond donors (Lipinski definition) is 2. The maximum atomic E-state index is 12.2. The van der Waals surface area contributed by atoms with Gasteiger partial charge in [0.1, 0.15) is 18.2 Å². The third-order valence-electron chi connectivity index (χ3n) is 4.70. The first-order valence-electron chi connectivity index (χ1n) is 10.2. The van der Waals surface area contributed by atoms with Crippen LogP contribution in [0.3, 0.4) is 0 Å². The highest BCUT2D eigenvalue weighted by Crippen LogP contribution is 2.23. The Morgan fingerprint density at radius 3 is 2.67 bits per heavy atom. The summed E-state index contributed by atoms with van der Waals surface area (Å²) in [5.74, 6) is 1.29. The second-order valence-electron chi connectivity index (χ2n) is 7.71. The number of nitrogens with one attached hydrogen (secondary N) is 1. The van der Waals surface area contributed by atoms with Crippen LogP contribution in [0.4, 0.5) is 0 Å². The highest BCUT2D eigenvalue weighted by molar-refractivity contribution is 5.85. The Kier molecular flexibility index (Phi) is 7.07. The van der Waals surface area contributed by atoms with Crippen LogP contribution in [-0.2, 0) is 29.2 Å². The molecule has 1 amide bonds. The minimum absolute atomic E-state index is 0.224. The fourth-order valence-corrected chi connectivity index (χ4v) is 3.05. The van der Waals surface area contributed by atoms with Gasteiger partial charge < -0.3 is 25.1 Å². The quantitative estimate of drug-likeness (QED) is 0.502. The smallest absolute Gasteiger partial charge is 0.239 e. The first kappa shape index (κ1) is 21.8. The zero-order valence-electron chi connectivity index (χ0n) is 17.9. The van der Waals surface area contributed by atoms with Crippen molar-refractivity contribution in [2.75, 3.05) is 13.2 Å². The van der Waals surface area contributed by atoms with Crippen molar-refractivity contribution in [1.82, 2.24) is 14.9 Å². The zero-order valence-corrected chi connectivity index (χ0v) is 17.9. The van der Waals surface area contributed by atoms with E-state index in [1.54, 1.807) is 13.8 Å². The van der Waals surface area contributed by atoms with Crippen molar-refractivity contribution in [3.8, 4) is 5.75 Å². The van der Waals surface area contributed by atoms with Crippen molar-refractivity contribution in [2.24, 2.45) is 5.73 Å². The van der Waals surface area contributed by atoms with Crippen molar-refractivity contribution >= 4 is 16.9 Å². The number of aromatic nitrogens is 2. The number of fused-ring (bicyclic) bond motifs is 1. The number of carbonyl (C=O) groups excluding carboxylic acids is 1. The molecule has 3 rings (SSSR count). The molecule has 1 heterocycles. The number of amides is 1. The van der Waals surface area contributed by atoms with Crippen LogP contribution >= 0.6 is 0 Å². The molecule has 30 heavy (non-hydrogen) atoms. The van der Waals surface area contributed by atoms with Crippen LogP contribution in [0.2, 0.25) is 0 Å². The lowest BCUT2D eigenvalue weighted by Gasteiger charge is -2.18. The summed E-state index contributed by atoms with van der Waals surface area (Å²) in [4.78, 5) is 16.9. The van der Waals surface area contributed by atoms with Crippen molar-refractivity contribution in [1.29, 1.82) is 0 Å². The van der Waals surface area contributed by atoms with Crippen LogP contribution < -0.4 is 15.8 Å². The molecule has 0 bridgehead atoms. The van der Waals surface area contributed by atoms with Gasteiger partial charge in [-0.15, -0.1) is 0 Å². The van der Waals surface area contributed by atoms with E-state index in [9.17, 15) is 4.79 Å². The molecule has 3 aromatic rings. The molecule has 0 unspecified atom stereocenters. The molecule has 160 valence electrons.